The van der Waals surface area contributed by atoms with E-state index in [-0.39, 0.29) is 0 Å². The second-order valence-electron chi connectivity index (χ2n) is 7.17. The molecule has 1 heteroatoms. The molecule has 4 rings (SSSR count). The van der Waals surface area contributed by atoms with Crippen molar-refractivity contribution in [2.45, 2.75) is 40.0 Å². The Morgan fingerprint density at radius 1 is 1.13 bits per heavy atom. The first-order chi connectivity index (χ1) is 11.1. The zero-order chi connectivity index (χ0) is 16.1. The summed E-state index contributed by atoms with van der Waals surface area (Å²) in [6.07, 6.45) is 17.5. The highest BCUT2D eigenvalue weighted by Gasteiger charge is 2.33. The van der Waals surface area contributed by atoms with E-state index in [1.54, 1.807) is 11.1 Å². The lowest BCUT2D eigenvalue weighted by Crippen LogP contribution is -2.15. The Bertz CT molecular complexity index is 790. The molecule has 0 saturated carbocycles. The van der Waals surface area contributed by atoms with Crippen molar-refractivity contribution in [2.75, 3.05) is 7.05 Å². The van der Waals surface area contributed by atoms with Gasteiger partial charge in [0.2, 0.25) is 0 Å². The molecule has 118 valence electrons. The summed E-state index contributed by atoms with van der Waals surface area (Å²) in [5.41, 5.74) is 11.8. The van der Waals surface area contributed by atoms with Crippen LogP contribution in [0.25, 0.3) is 0 Å². The van der Waals surface area contributed by atoms with Crippen LogP contribution in [0.5, 0.6) is 0 Å². The fourth-order valence-electron chi connectivity index (χ4n) is 4.23. The Labute approximate surface area is 139 Å². The molecule has 0 N–H and O–H groups in total. The molecule has 1 atom stereocenters. The molecule has 0 aromatic carbocycles. The second-order valence-corrected chi connectivity index (χ2v) is 7.17. The van der Waals surface area contributed by atoms with Gasteiger partial charge >= 0.3 is 0 Å². The van der Waals surface area contributed by atoms with Crippen molar-refractivity contribution in [2.24, 2.45) is 5.92 Å². The summed E-state index contributed by atoms with van der Waals surface area (Å²) in [4.78, 5) is 2.37. The van der Waals surface area contributed by atoms with E-state index in [9.17, 15) is 0 Å². The van der Waals surface area contributed by atoms with Gasteiger partial charge in [0, 0.05) is 24.4 Å². The van der Waals surface area contributed by atoms with Crippen LogP contribution < -0.4 is 0 Å². The SMILES string of the molecule is CC1=CC2=CC3C(=CC2=C1CCC1=CC=CC1)N(C)C(C)=C3C. The summed E-state index contributed by atoms with van der Waals surface area (Å²) in [6, 6.07) is 0. The molecule has 0 spiro atoms. The van der Waals surface area contributed by atoms with Gasteiger partial charge in [0.1, 0.15) is 0 Å². The Morgan fingerprint density at radius 2 is 1.96 bits per heavy atom. The Hall–Kier alpha value is -2.02. The minimum atomic E-state index is 0.476. The highest BCUT2D eigenvalue weighted by molar-refractivity contribution is 5.66. The maximum absolute atomic E-state index is 2.47. The number of rotatable bonds is 3. The topological polar surface area (TPSA) is 3.24 Å². The number of nitrogens with zero attached hydrogens (tertiary/aromatic N) is 1. The Morgan fingerprint density at radius 3 is 2.70 bits per heavy atom. The van der Waals surface area contributed by atoms with E-state index >= 15 is 0 Å². The van der Waals surface area contributed by atoms with Gasteiger partial charge in [-0.15, -0.1) is 0 Å². The summed E-state index contributed by atoms with van der Waals surface area (Å²) in [7, 11) is 2.20. The van der Waals surface area contributed by atoms with E-state index in [2.05, 4.69) is 69.2 Å². The lowest BCUT2D eigenvalue weighted by molar-refractivity contribution is 0.522. The lowest BCUT2D eigenvalue weighted by Gasteiger charge is -2.23. The van der Waals surface area contributed by atoms with Crippen molar-refractivity contribution < 1.29 is 0 Å². The highest BCUT2D eigenvalue weighted by atomic mass is 15.1. The second kappa shape index (κ2) is 5.26. The molecule has 0 radical (unpaired) electrons. The highest BCUT2D eigenvalue weighted by Crippen LogP contribution is 2.46. The van der Waals surface area contributed by atoms with Gasteiger partial charge in [0.15, 0.2) is 0 Å². The Kier molecular flexibility index (Phi) is 3.33. The smallest absolute Gasteiger partial charge is 0.0408 e. The van der Waals surface area contributed by atoms with Gasteiger partial charge < -0.3 is 4.90 Å². The zero-order valence-electron chi connectivity index (χ0n) is 14.6. The fourth-order valence-corrected chi connectivity index (χ4v) is 4.23. The number of allylic oxidation sites excluding steroid dienone is 12. The molecule has 3 aliphatic carbocycles. The first-order valence-electron chi connectivity index (χ1n) is 8.67. The third-order valence-electron chi connectivity index (χ3n) is 5.91. The molecule has 0 amide bonds. The van der Waals surface area contributed by atoms with Crippen molar-refractivity contribution >= 4 is 0 Å². The van der Waals surface area contributed by atoms with Gasteiger partial charge in [-0.25, -0.2) is 0 Å². The normalized spacial score (nSPS) is 25.6. The molecule has 1 nitrogen and oxygen atoms in total. The molecule has 0 saturated heterocycles. The molecule has 0 bridgehead atoms. The molecule has 0 fully saturated rings. The quantitative estimate of drug-likeness (QED) is 0.657. The van der Waals surface area contributed by atoms with Crippen LogP contribution in [-0.4, -0.2) is 11.9 Å². The van der Waals surface area contributed by atoms with Crippen LogP contribution in [0, 0.1) is 5.92 Å². The van der Waals surface area contributed by atoms with E-state index in [1.165, 1.54) is 40.1 Å². The van der Waals surface area contributed by atoms with Crippen molar-refractivity contribution in [3.63, 3.8) is 0 Å². The average molecular weight is 303 g/mol. The van der Waals surface area contributed by atoms with Crippen LogP contribution in [0.1, 0.15) is 40.0 Å². The van der Waals surface area contributed by atoms with E-state index in [4.69, 9.17) is 0 Å². The summed E-state index contributed by atoms with van der Waals surface area (Å²) in [5.74, 6) is 0.476. The number of fused-ring (bicyclic) bond motifs is 2. The maximum atomic E-state index is 2.47. The lowest BCUT2D eigenvalue weighted by atomic mass is 9.87. The average Bonchev–Trinajstić information content (AvgIpc) is 3.20. The van der Waals surface area contributed by atoms with E-state index < -0.39 is 0 Å². The number of hydrogen-bond donors (Lipinski definition) is 0. The van der Waals surface area contributed by atoms with Gasteiger partial charge in [-0.1, -0.05) is 36.0 Å². The van der Waals surface area contributed by atoms with E-state index in [0.29, 0.717) is 5.92 Å². The van der Waals surface area contributed by atoms with E-state index in [0.717, 1.165) is 12.8 Å². The minimum absolute atomic E-state index is 0.476. The third-order valence-corrected chi connectivity index (χ3v) is 5.91. The van der Waals surface area contributed by atoms with Gasteiger partial charge in [0.25, 0.3) is 0 Å². The third kappa shape index (κ3) is 2.22. The summed E-state index contributed by atoms with van der Waals surface area (Å²) < 4.78 is 0. The Balaban J connectivity index is 1.66. The predicted octanol–water partition coefficient (Wildman–Crippen LogP) is 5.59. The van der Waals surface area contributed by atoms with Crippen LogP contribution in [0.2, 0.25) is 0 Å². The first kappa shape index (κ1) is 14.6. The van der Waals surface area contributed by atoms with Gasteiger partial charge in [-0.3, -0.25) is 0 Å². The molecule has 1 aliphatic heterocycles. The van der Waals surface area contributed by atoms with Crippen molar-refractivity contribution in [3.05, 3.63) is 81.3 Å². The summed E-state index contributed by atoms with van der Waals surface area (Å²) >= 11 is 0. The zero-order valence-corrected chi connectivity index (χ0v) is 14.6. The van der Waals surface area contributed by atoms with Crippen LogP contribution in [-0.2, 0) is 0 Å². The molecular weight excluding hydrogens is 278 g/mol. The first-order valence-corrected chi connectivity index (χ1v) is 8.67. The van der Waals surface area contributed by atoms with Gasteiger partial charge in [-0.2, -0.15) is 0 Å². The summed E-state index contributed by atoms with van der Waals surface area (Å²) in [6.45, 7) is 6.78. The minimum Gasteiger partial charge on any atom is -0.351 e. The monoisotopic (exact) mass is 303 g/mol. The standard InChI is InChI=1S/C22H25N/c1-14-11-18-12-20-15(2)16(3)23(4)22(20)13-21(18)19(14)10-9-17-7-5-6-8-17/h5-7,11-13,20H,8-10H2,1-4H3. The van der Waals surface area contributed by atoms with Gasteiger partial charge in [-0.05, 0) is 74.0 Å². The van der Waals surface area contributed by atoms with E-state index in [1.807, 2.05) is 0 Å². The summed E-state index contributed by atoms with van der Waals surface area (Å²) in [5, 5.41) is 0. The predicted molar refractivity (Wildman–Crippen MR) is 97.7 cm³/mol. The van der Waals surface area contributed by atoms with Crippen LogP contribution in [0.15, 0.2) is 81.3 Å². The van der Waals surface area contributed by atoms with Crippen LogP contribution in [0.3, 0.4) is 0 Å². The number of hydrogen-bond acceptors (Lipinski definition) is 1. The molecule has 0 aromatic rings. The van der Waals surface area contributed by atoms with Gasteiger partial charge in [0.05, 0.1) is 0 Å². The van der Waals surface area contributed by atoms with Crippen molar-refractivity contribution in [3.8, 4) is 0 Å². The van der Waals surface area contributed by atoms with Crippen molar-refractivity contribution in [1.29, 1.82) is 0 Å². The van der Waals surface area contributed by atoms with Crippen LogP contribution in [0.4, 0.5) is 0 Å². The maximum Gasteiger partial charge on any atom is 0.0408 e. The molecular formula is C22H25N. The fraction of sp³-hybridized carbons (Fsp3) is 0.364. The van der Waals surface area contributed by atoms with Crippen LogP contribution >= 0.6 is 0 Å². The molecule has 4 aliphatic rings. The molecule has 0 aromatic heterocycles. The molecule has 23 heavy (non-hydrogen) atoms. The van der Waals surface area contributed by atoms with Crippen molar-refractivity contribution in [1.82, 2.24) is 4.90 Å². The largest absolute Gasteiger partial charge is 0.351 e. The molecule has 1 heterocycles. The molecule has 1 unspecified atom stereocenters.